The Morgan fingerprint density at radius 1 is 1.67 bits per heavy atom. The van der Waals surface area contributed by atoms with Crippen LogP contribution in [0.15, 0.2) is 0 Å². The third-order valence-corrected chi connectivity index (χ3v) is 1.95. The smallest absolute Gasteiger partial charge is 0.136 e. The first-order valence-corrected chi connectivity index (χ1v) is 3.73. The molecule has 0 bridgehead atoms. The van der Waals surface area contributed by atoms with Crippen LogP contribution in [0.1, 0.15) is 33.1 Å². The van der Waals surface area contributed by atoms with Crippen LogP contribution in [-0.4, -0.2) is 5.78 Å². The molecule has 1 rings (SSSR count). The Kier molecular flexibility index (Phi) is 1.89. The van der Waals surface area contributed by atoms with Crippen molar-refractivity contribution in [2.75, 3.05) is 0 Å². The molecule has 9 heavy (non-hydrogen) atoms. The van der Waals surface area contributed by atoms with Crippen LogP contribution < -0.4 is 0 Å². The number of carbonyl (C=O) groups is 1. The van der Waals surface area contributed by atoms with Gasteiger partial charge >= 0.3 is 0 Å². The highest BCUT2D eigenvalue weighted by Crippen LogP contribution is 2.28. The van der Waals surface area contributed by atoms with Gasteiger partial charge in [0.05, 0.1) is 0 Å². The topological polar surface area (TPSA) is 17.1 Å². The van der Waals surface area contributed by atoms with Crippen LogP contribution in [0.2, 0.25) is 0 Å². The fourth-order valence-electron chi connectivity index (χ4n) is 1.28. The summed E-state index contributed by atoms with van der Waals surface area (Å²) >= 11 is 0. The van der Waals surface area contributed by atoms with Crippen molar-refractivity contribution in [2.45, 2.75) is 33.1 Å². The molecule has 0 aliphatic heterocycles. The molecular weight excluding hydrogens is 112 g/mol. The van der Waals surface area contributed by atoms with E-state index in [2.05, 4.69) is 13.8 Å². The Morgan fingerprint density at radius 3 is 2.44 bits per heavy atom. The van der Waals surface area contributed by atoms with Gasteiger partial charge in [-0.15, -0.1) is 0 Å². The lowest BCUT2D eigenvalue weighted by atomic mass is 9.78. The molecule has 0 N–H and O–H groups in total. The molecule has 0 radical (unpaired) electrons. The van der Waals surface area contributed by atoms with E-state index in [0.717, 1.165) is 19.3 Å². The van der Waals surface area contributed by atoms with Crippen LogP contribution in [-0.2, 0) is 4.79 Å². The van der Waals surface area contributed by atoms with Gasteiger partial charge in [0.2, 0.25) is 0 Å². The highest BCUT2D eigenvalue weighted by Gasteiger charge is 2.27. The van der Waals surface area contributed by atoms with Gasteiger partial charge in [-0.05, 0) is 18.8 Å². The average molecular weight is 126 g/mol. The highest BCUT2D eigenvalue weighted by atomic mass is 16.1. The third-order valence-electron chi connectivity index (χ3n) is 1.95. The van der Waals surface area contributed by atoms with E-state index in [-0.39, 0.29) is 0 Å². The molecule has 0 saturated heterocycles. The predicted octanol–water partition coefficient (Wildman–Crippen LogP) is 2.01. The van der Waals surface area contributed by atoms with Crippen molar-refractivity contribution in [3.8, 4) is 0 Å². The van der Waals surface area contributed by atoms with Crippen molar-refractivity contribution in [3.63, 3.8) is 0 Å². The number of hydrogen-bond acceptors (Lipinski definition) is 1. The van der Waals surface area contributed by atoms with Crippen LogP contribution in [0.5, 0.6) is 0 Å². The number of Topliss-reactive ketones (excluding diaryl/α,β-unsaturated/α-hetero) is 1. The van der Waals surface area contributed by atoms with Crippen molar-refractivity contribution >= 4 is 5.78 Å². The van der Waals surface area contributed by atoms with Crippen molar-refractivity contribution in [1.29, 1.82) is 0 Å². The predicted molar refractivity (Wildman–Crippen MR) is 37.2 cm³/mol. The quantitative estimate of drug-likeness (QED) is 0.553. The van der Waals surface area contributed by atoms with Gasteiger partial charge < -0.3 is 0 Å². The van der Waals surface area contributed by atoms with E-state index >= 15 is 0 Å². The van der Waals surface area contributed by atoms with E-state index in [0.29, 0.717) is 17.6 Å². The molecular formula is C8H14O. The van der Waals surface area contributed by atoms with Gasteiger partial charge in [-0.25, -0.2) is 0 Å². The minimum Gasteiger partial charge on any atom is -0.299 e. The molecule has 1 atom stereocenters. The zero-order valence-corrected chi connectivity index (χ0v) is 6.18. The largest absolute Gasteiger partial charge is 0.299 e. The normalized spacial score (nSPS) is 26.6. The van der Waals surface area contributed by atoms with Crippen molar-refractivity contribution < 1.29 is 4.79 Å². The summed E-state index contributed by atoms with van der Waals surface area (Å²) in [5, 5.41) is 0. The molecule has 1 aliphatic carbocycles. The Balaban J connectivity index is 2.21. The number of hydrogen-bond donors (Lipinski definition) is 0. The number of ketones is 1. The monoisotopic (exact) mass is 126 g/mol. The third kappa shape index (κ3) is 1.54. The molecule has 0 aromatic carbocycles. The average Bonchev–Trinajstić information content (AvgIpc) is 1.79. The maximum absolute atomic E-state index is 10.8. The molecule has 0 amide bonds. The first kappa shape index (κ1) is 6.79. The summed E-state index contributed by atoms with van der Waals surface area (Å²) in [6, 6.07) is 0. The Morgan fingerprint density at radius 2 is 2.33 bits per heavy atom. The van der Waals surface area contributed by atoms with Gasteiger partial charge in [0, 0.05) is 12.3 Å². The van der Waals surface area contributed by atoms with Gasteiger partial charge in [0.1, 0.15) is 5.78 Å². The van der Waals surface area contributed by atoms with Gasteiger partial charge in [-0.1, -0.05) is 13.8 Å². The van der Waals surface area contributed by atoms with Crippen molar-refractivity contribution in [2.24, 2.45) is 11.8 Å². The van der Waals surface area contributed by atoms with E-state index in [9.17, 15) is 4.79 Å². The molecule has 0 spiro atoms. The summed E-state index contributed by atoms with van der Waals surface area (Å²) in [6.07, 6.45) is 3.10. The maximum Gasteiger partial charge on any atom is 0.136 e. The molecule has 1 aliphatic rings. The number of carbonyl (C=O) groups excluding carboxylic acids is 1. The Bertz CT molecular complexity index is 116. The van der Waals surface area contributed by atoms with Crippen LogP contribution in [0.3, 0.4) is 0 Å². The Hall–Kier alpha value is -0.330. The Labute approximate surface area is 56.4 Å². The molecule has 1 unspecified atom stereocenters. The first-order chi connectivity index (χ1) is 4.20. The summed E-state index contributed by atoms with van der Waals surface area (Å²) in [4.78, 5) is 10.8. The van der Waals surface area contributed by atoms with Gasteiger partial charge in [0.25, 0.3) is 0 Å². The van der Waals surface area contributed by atoms with Crippen molar-refractivity contribution in [3.05, 3.63) is 0 Å². The summed E-state index contributed by atoms with van der Waals surface area (Å²) in [5.41, 5.74) is 0. The molecule has 1 heteroatoms. The van der Waals surface area contributed by atoms with E-state index in [4.69, 9.17) is 0 Å². The molecule has 0 aromatic heterocycles. The lowest BCUT2D eigenvalue weighted by Gasteiger charge is -2.25. The summed E-state index contributed by atoms with van der Waals surface area (Å²) in [5.74, 6) is 1.62. The summed E-state index contributed by atoms with van der Waals surface area (Å²) in [6.45, 7) is 4.34. The zero-order chi connectivity index (χ0) is 6.85. The lowest BCUT2D eigenvalue weighted by molar-refractivity contribution is -0.129. The molecule has 1 fully saturated rings. The van der Waals surface area contributed by atoms with Crippen LogP contribution >= 0.6 is 0 Å². The fourth-order valence-corrected chi connectivity index (χ4v) is 1.28. The zero-order valence-electron chi connectivity index (χ0n) is 6.18. The van der Waals surface area contributed by atoms with E-state index in [1.807, 2.05) is 0 Å². The van der Waals surface area contributed by atoms with Crippen LogP contribution in [0.25, 0.3) is 0 Å². The number of rotatable bonds is 2. The van der Waals surface area contributed by atoms with Crippen LogP contribution in [0, 0.1) is 11.8 Å². The fraction of sp³-hybridized carbons (Fsp3) is 0.875. The van der Waals surface area contributed by atoms with Gasteiger partial charge in [-0.3, -0.25) is 4.79 Å². The SMILES string of the molecule is CC(C)CC1CCC1=O. The van der Waals surface area contributed by atoms with E-state index in [1.165, 1.54) is 0 Å². The second kappa shape index (κ2) is 2.51. The summed E-state index contributed by atoms with van der Waals surface area (Å²) < 4.78 is 0. The molecule has 1 nitrogen and oxygen atoms in total. The molecule has 1 saturated carbocycles. The van der Waals surface area contributed by atoms with Gasteiger partial charge in [0.15, 0.2) is 0 Å². The van der Waals surface area contributed by atoms with E-state index in [1.54, 1.807) is 0 Å². The first-order valence-electron chi connectivity index (χ1n) is 3.73. The summed E-state index contributed by atoms with van der Waals surface area (Å²) in [7, 11) is 0. The van der Waals surface area contributed by atoms with Gasteiger partial charge in [-0.2, -0.15) is 0 Å². The lowest BCUT2D eigenvalue weighted by Crippen LogP contribution is -2.26. The van der Waals surface area contributed by atoms with E-state index < -0.39 is 0 Å². The minimum absolute atomic E-state index is 0.435. The molecule has 52 valence electrons. The maximum atomic E-state index is 10.8. The second-order valence-electron chi connectivity index (χ2n) is 3.33. The molecule has 0 heterocycles. The van der Waals surface area contributed by atoms with Crippen molar-refractivity contribution in [1.82, 2.24) is 0 Å². The highest BCUT2D eigenvalue weighted by molar-refractivity contribution is 5.86. The van der Waals surface area contributed by atoms with Crippen LogP contribution in [0.4, 0.5) is 0 Å². The minimum atomic E-state index is 0.435. The second-order valence-corrected chi connectivity index (χ2v) is 3.33. The molecule has 0 aromatic rings. The standard InChI is InChI=1S/C8H14O/c1-6(2)5-7-3-4-8(7)9/h6-7H,3-5H2,1-2H3.